The molecule has 5 atom stereocenters. The Kier molecular flexibility index (Phi) is 12.1. The normalized spacial score (nSPS) is 18.8. The molecule has 0 aliphatic heterocycles. The lowest BCUT2D eigenvalue weighted by atomic mass is 9.97. The standard InChI is InChI=1S/C38H44F3N5O6/c1-22(2)30(44-32(49)26-17-15-24(16-18-26)23-11-7-5-8-12-23)33(50)45-37(21-27(37)25-13-9-6-10-14-25)35(52)46-36(3,4)34(51)43-28(19-20-29(42)47)31(48)38(39,40)41/h5-18,22,27-28,30-31,48H,19-21H2,1-4H3,(H2,42,47)(H,43,51)(H,44,49)(H,45,50)(H,46,52)/t27?,28?,30-,31?,37?/m0/s1. The first kappa shape index (κ1) is 39.5. The van der Waals surface area contributed by atoms with Crippen LogP contribution in [-0.4, -0.2) is 70.1 Å². The summed E-state index contributed by atoms with van der Waals surface area (Å²) >= 11 is 0. The van der Waals surface area contributed by atoms with Gasteiger partial charge in [-0.1, -0.05) is 86.6 Å². The zero-order chi connectivity index (χ0) is 38.4. The number of aliphatic hydroxyl groups excluding tert-OH is 1. The zero-order valence-corrected chi connectivity index (χ0v) is 29.3. The Hall–Kier alpha value is -5.24. The van der Waals surface area contributed by atoms with Crippen molar-refractivity contribution in [3.05, 3.63) is 96.1 Å². The number of benzene rings is 3. The second-order valence-electron chi connectivity index (χ2n) is 13.9. The number of carbonyl (C=O) groups is 5. The van der Waals surface area contributed by atoms with Gasteiger partial charge in [0, 0.05) is 17.9 Å². The number of nitrogens with two attached hydrogens (primary N) is 1. The number of primary amides is 1. The van der Waals surface area contributed by atoms with Gasteiger partial charge in [0.1, 0.15) is 17.1 Å². The van der Waals surface area contributed by atoms with Crippen molar-refractivity contribution >= 4 is 29.5 Å². The molecule has 0 saturated heterocycles. The molecule has 0 bridgehead atoms. The average Bonchev–Trinajstić information content (AvgIpc) is 3.83. The lowest BCUT2D eigenvalue weighted by Crippen LogP contribution is -2.64. The van der Waals surface area contributed by atoms with E-state index in [4.69, 9.17) is 5.73 Å². The molecule has 52 heavy (non-hydrogen) atoms. The molecule has 7 N–H and O–H groups in total. The van der Waals surface area contributed by atoms with Crippen LogP contribution in [0.3, 0.4) is 0 Å². The number of carbonyl (C=O) groups excluding carboxylic acids is 5. The molecule has 0 spiro atoms. The smallest absolute Gasteiger partial charge is 0.382 e. The van der Waals surface area contributed by atoms with Crippen molar-refractivity contribution in [3.63, 3.8) is 0 Å². The van der Waals surface area contributed by atoms with Gasteiger partial charge in [-0.15, -0.1) is 0 Å². The van der Waals surface area contributed by atoms with Gasteiger partial charge >= 0.3 is 6.18 Å². The molecule has 1 aliphatic rings. The number of amides is 5. The van der Waals surface area contributed by atoms with E-state index < -0.39 is 89.7 Å². The van der Waals surface area contributed by atoms with Crippen LogP contribution in [-0.2, 0) is 19.2 Å². The van der Waals surface area contributed by atoms with E-state index in [-0.39, 0.29) is 6.42 Å². The van der Waals surface area contributed by atoms with Gasteiger partial charge in [-0.25, -0.2) is 0 Å². The molecule has 0 radical (unpaired) electrons. The summed E-state index contributed by atoms with van der Waals surface area (Å²) in [4.78, 5) is 65.9. The molecular weight excluding hydrogens is 679 g/mol. The maximum Gasteiger partial charge on any atom is 0.416 e. The summed E-state index contributed by atoms with van der Waals surface area (Å²) in [5.41, 5.74) is 4.54. The third kappa shape index (κ3) is 9.55. The van der Waals surface area contributed by atoms with Gasteiger partial charge in [0.25, 0.3) is 5.91 Å². The molecule has 278 valence electrons. The first-order valence-electron chi connectivity index (χ1n) is 16.9. The van der Waals surface area contributed by atoms with Crippen molar-refractivity contribution in [2.45, 2.75) is 88.3 Å². The fraction of sp³-hybridized carbons (Fsp3) is 0.395. The summed E-state index contributed by atoms with van der Waals surface area (Å²) in [5, 5.41) is 20.1. The molecule has 5 amide bonds. The van der Waals surface area contributed by atoms with Gasteiger partial charge in [0.05, 0.1) is 6.04 Å². The second-order valence-corrected chi connectivity index (χ2v) is 13.9. The van der Waals surface area contributed by atoms with Crippen molar-refractivity contribution in [3.8, 4) is 11.1 Å². The lowest BCUT2D eigenvalue weighted by molar-refractivity contribution is -0.213. The number of alkyl halides is 3. The number of halogens is 3. The maximum atomic E-state index is 14.1. The van der Waals surface area contributed by atoms with Crippen LogP contribution in [0.1, 0.15) is 68.8 Å². The van der Waals surface area contributed by atoms with Crippen molar-refractivity contribution in [1.29, 1.82) is 0 Å². The van der Waals surface area contributed by atoms with E-state index in [2.05, 4.69) is 21.3 Å². The van der Waals surface area contributed by atoms with E-state index in [0.717, 1.165) is 11.1 Å². The molecule has 0 heterocycles. The molecule has 0 aromatic heterocycles. The summed E-state index contributed by atoms with van der Waals surface area (Å²) in [6.07, 6.45) is -9.17. The van der Waals surface area contributed by atoms with Crippen molar-refractivity contribution < 1.29 is 42.3 Å². The fourth-order valence-electron chi connectivity index (χ4n) is 5.93. The first-order valence-corrected chi connectivity index (χ1v) is 16.9. The number of nitrogens with one attached hydrogen (secondary N) is 4. The lowest BCUT2D eigenvalue weighted by Gasteiger charge is -2.33. The summed E-state index contributed by atoms with van der Waals surface area (Å²) in [6, 6.07) is 22.3. The third-order valence-electron chi connectivity index (χ3n) is 9.13. The number of aliphatic hydroxyl groups is 1. The maximum absolute atomic E-state index is 14.1. The molecule has 14 heteroatoms. The minimum absolute atomic E-state index is 0.125. The predicted octanol–water partition coefficient (Wildman–Crippen LogP) is 3.72. The van der Waals surface area contributed by atoms with Gasteiger partial charge in [-0.2, -0.15) is 13.2 Å². The largest absolute Gasteiger partial charge is 0.416 e. The SMILES string of the molecule is CC(C)[C@H](NC(=O)c1ccc(-c2ccccc2)cc1)C(=O)NC1(C(=O)NC(C)(C)C(=O)NC(CCC(N)=O)C(O)C(F)(F)F)CC1c1ccccc1. The number of hydrogen-bond donors (Lipinski definition) is 6. The molecule has 11 nitrogen and oxygen atoms in total. The molecule has 1 saturated carbocycles. The first-order chi connectivity index (χ1) is 24.4. The van der Waals surface area contributed by atoms with Crippen LogP contribution in [0.5, 0.6) is 0 Å². The topological polar surface area (TPSA) is 180 Å². The molecule has 1 fully saturated rings. The van der Waals surface area contributed by atoms with Gasteiger partial charge < -0.3 is 32.1 Å². The van der Waals surface area contributed by atoms with Crippen LogP contribution in [0.25, 0.3) is 11.1 Å². The van der Waals surface area contributed by atoms with E-state index in [1.54, 1.807) is 68.4 Å². The van der Waals surface area contributed by atoms with Crippen molar-refractivity contribution in [2.75, 3.05) is 0 Å². The van der Waals surface area contributed by atoms with E-state index in [9.17, 15) is 42.3 Å². The minimum atomic E-state index is -5.12. The quantitative estimate of drug-likeness (QED) is 0.139. The van der Waals surface area contributed by atoms with Crippen molar-refractivity contribution in [1.82, 2.24) is 21.3 Å². The van der Waals surface area contributed by atoms with Crippen LogP contribution < -0.4 is 27.0 Å². The van der Waals surface area contributed by atoms with Gasteiger partial charge in [0.2, 0.25) is 23.6 Å². The zero-order valence-electron chi connectivity index (χ0n) is 29.3. The molecule has 4 rings (SSSR count). The highest BCUT2D eigenvalue weighted by atomic mass is 19.4. The van der Waals surface area contributed by atoms with Gasteiger partial charge in [-0.3, -0.25) is 24.0 Å². The molecule has 3 aromatic carbocycles. The van der Waals surface area contributed by atoms with Crippen molar-refractivity contribution in [2.24, 2.45) is 11.7 Å². The highest BCUT2D eigenvalue weighted by Crippen LogP contribution is 2.52. The van der Waals surface area contributed by atoms with E-state index in [1.807, 2.05) is 30.3 Å². The number of rotatable bonds is 15. The molecule has 1 aliphatic carbocycles. The van der Waals surface area contributed by atoms with Gasteiger partial charge in [0.15, 0.2) is 6.10 Å². The highest BCUT2D eigenvalue weighted by molar-refractivity contribution is 6.02. The van der Waals surface area contributed by atoms with Gasteiger partial charge in [-0.05, 0) is 61.4 Å². The van der Waals surface area contributed by atoms with Crippen LogP contribution in [0.4, 0.5) is 13.2 Å². The fourth-order valence-corrected chi connectivity index (χ4v) is 5.93. The molecule has 3 aromatic rings. The number of hydrogen-bond acceptors (Lipinski definition) is 6. The van der Waals surface area contributed by atoms with Crippen LogP contribution in [0.2, 0.25) is 0 Å². The Morgan fingerprint density at radius 2 is 1.42 bits per heavy atom. The summed E-state index contributed by atoms with van der Waals surface area (Å²) in [5.74, 6) is -4.92. The monoisotopic (exact) mass is 723 g/mol. The Labute approximate surface area is 299 Å². The summed E-state index contributed by atoms with van der Waals surface area (Å²) in [7, 11) is 0. The Morgan fingerprint density at radius 1 is 0.865 bits per heavy atom. The highest BCUT2D eigenvalue weighted by Gasteiger charge is 2.63. The molecular formula is C38H44F3N5O6. The minimum Gasteiger partial charge on any atom is -0.382 e. The van der Waals surface area contributed by atoms with Crippen LogP contribution in [0, 0.1) is 5.92 Å². The third-order valence-corrected chi connectivity index (χ3v) is 9.13. The summed E-state index contributed by atoms with van der Waals surface area (Å²) < 4.78 is 40.2. The van der Waals surface area contributed by atoms with E-state index in [0.29, 0.717) is 11.1 Å². The second kappa shape index (κ2) is 16.0. The van der Waals surface area contributed by atoms with Crippen LogP contribution in [0.15, 0.2) is 84.9 Å². The Morgan fingerprint density at radius 3 is 1.96 bits per heavy atom. The Balaban J connectivity index is 1.53. The Bertz CT molecular complexity index is 1750. The average molecular weight is 724 g/mol. The van der Waals surface area contributed by atoms with E-state index in [1.165, 1.54) is 13.8 Å². The molecule has 4 unspecified atom stereocenters. The summed E-state index contributed by atoms with van der Waals surface area (Å²) in [6.45, 7) is 5.96. The predicted molar refractivity (Wildman–Crippen MR) is 187 cm³/mol. The van der Waals surface area contributed by atoms with E-state index >= 15 is 0 Å². The van der Waals surface area contributed by atoms with Crippen LogP contribution >= 0.6 is 0 Å².